The lowest BCUT2D eigenvalue weighted by Crippen LogP contribution is -2.20. The fraction of sp³-hybridized carbons (Fsp3) is 0.238. The largest absolute Gasteiger partial charge is 0.494 e. The number of benzene rings is 1. The van der Waals surface area contributed by atoms with Gasteiger partial charge in [-0.05, 0) is 67.3 Å². The van der Waals surface area contributed by atoms with Gasteiger partial charge in [-0.15, -0.1) is 0 Å². The number of allylic oxidation sites excluding steroid dienone is 6. The number of rotatable bonds is 9. The highest BCUT2D eigenvalue weighted by atomic mass is 32.2. The molecule has 154 valence electrons. The summed E-state index contributed by atoms with van der Waals surface area (Å²) in [4.78, 5) is 14.5. The van der Waals surface area contributed by atoms with Crippen molar-refractivity contribution in [2.45, 2.75) is 26.3 Å². The summed E-state index contributed by atoms with van der Waals surface area (Å²) in [7, 11) is -3.75. The number of carbonyl (C=O) groups is 1. The van der Waals surface area contributed by atoms with Crippen molar-refractivity contribution in [3.8, 4) is 0 Å². The van der Waals surface area contributed by atoms with Crippen LogP contribution in [0.1, 0.15) is 30.9 Å². The van der Waals surface area contributed by atoms with E-state index in [1.54, 1.807) is 12.2 Å². The number of aliphatic imine (C=N–C) groups is 1. The van der Waals surface area contributed by atoms with Gasteiger partial charge in [0.15, 0.2) is 15.6 Å². The van der Waals surface area contributed by atoms with Crippen LogP contribution in [0.5, 0.6) is 0 Å². The van der Waals surface area contributed by atoms with Crippen molar-refractivity contribution in [3.05, 3.63) is 76.7 Å². The minimum atomic E-state index is -3.75. The van der Waals surface area contributed by atoms with Gasteiger partial charge in [0.1, 0.15) is 0 Å². The van der Waals surface area contributed by atoms with Crippen LogP contribution >= 0.6 is 0 Å². The molecule has 2 rings (SSSR count). The molecule has 1 aromatic rings. The second kappa shape index (κ2) is 9.88. The molecule has 0 aliphatic heterocycles. The molecule has 1 aliphatic rings. The van der Waals surface area contributed by atoms with Crippen molar-refractivity contribution in [3.63, 3.8) is 0 Å². The molecule has 0 heterocycles. The first kappa shape index (κ1) is 22.2. The molecule has 29 heavy (non-hydrogen) atoms. The second-order valence-corrected chi connectivity index (χ2v) is 8.62. The van der Waals surface area contributed by atoms with Gasteiger partial charge >= 0.3 is 5.97 Å². The van der Waals surface area contributed by atoms with Crippen molar-refractivity contribution in [2.75, 3.05) is 5.75 Å². The molecule has 0 unspecified atom stereocenters. The molecule has 3 N–H and O–H groups in total. The van der Waals surface area contributed by atoms with E-state index in [-0.39, 0.29) is 17.2 Å². The first-order valence-corrected chi connectivity index (χ1v) is 10.6. The Morgan fingerprint density at radius 2 is 2.03 bits per heavy atom. The number of aliphatic hydroxyl groups is 1. The van der Waals surface area contributed by atoms with E-state index >= 15 is 0 Å². The molecule has 0 bridgehead atoms. The third kappa shape index (κ3) is 7.08. The van der Waals surface area contributed by atoms with Crippen LogP contribution in [0, 0.1) is 0 Å². The molecular weight excluding hydrogens is 392 g/mol. The molecule has 0 fully saturated rings. The summed E-state index contributed by atoms with van der Waals surface area (Å²) in [6.07, 6.45) is 7.21. The summed E-state index contributed by atoms with van der Waals surface area (Å²) >= 11 is 0. The van der Waals surface area contributed by atoms with Crippen LogP contribution in [-0.2, 0) is 21.2 Å². The molecule has 0 amide bonds. The molecule has 0 atom stereocenters. The lowest BCUT2D eigenvalue weighted by atomic mass is 10.0. The first-order chi connectivity index (χ1) is 13.7. The topological polar surface area (TPSA) is 116 Å². The highest BCUT2D eigenvalue weighted by Crippen LogP contribution is 2.22. The minimum Gasteiger partial charge on any atom is -0.494 e. The van der Waals surface area contributed by atoms with Crippen molar-refractivity contribution in [1.82, 2.24) is 5.32 Å². The molecule has 0 saturated heterocycles. The Balaban J connectivity index is 2.02. The lowest BCUT2D eigenvalue weighted by molar-refractivity contribution is -0.134. The van der Waals surface area contributed by atoms with Gasteiger partial charge in [0.05, 0.1) is 0 Å². The fourth-order valence-corrected chi connectivity index (χ4v) is 3.95. The number of sulfone groups is 1. The zero-order valence-corrected chi connectivity index (χ0v) is 16.9. The quantitative estimate of drug-likeness (QED) is 0.420. The smallest absolute Gasteiger partial charge is 0.319 e. The maximum absolute atomic E-state index is 12.0. The van der Waals surface area contributed by atoms with Gasteiger partial charge in [0.2, 0.25) is 5.88 Å². The number of carboxylic acids is 1. The minimum absolute atomic E-state index is 0.153. The van der Waals surface area contributed by atoms with Crippen LogP contribution in [-0.4, -0.2) is 36.6 Å². The Morgan fingerprint density at radius 3 is 2.66 bits per heavy atom. The maximum Gasteiger partial charge on any atom is 0.319 e. The van der Waals surface area contributed by atoms with E-state index in [9.17, 15) is 13.2 Å². The first-order valence-electron chi connectivity index (χ1n) is 8.93. The molecule has 0 radical (unpaired) electrons. The van der Waals surface area contributed by atoms with Crippen LogP contribution < -0.4 is 5.32 Å². The number of nitrogens with one attached hydrogen (secondary N) is 1. The van der Waals surface area contributed by atoms with Crippen LogP contribution in [0.25, 0.3) is 5.57 Å². The average Bonchev–Trinajstić information content (AvgIpc) is 2.65. The highest BCUT2D eigenvalue weighted by molar-refractivity contribution is 7.95. The van der Waals surface area contributed by atoms with Crippen LogP contribution in [0.4, 0.5) is 0 Å². The third-order valence-corrected chi connectivity index (χ3v) is 6.04. The number of hydrogen-bond donors (Lipinski definition) is 3. The molecule has 7 nitrogen and oxygen atoms in total. The number of nitrogens with zero attached hydrogens (tertiary/aromatic N) is 1. The number of aliphatic carboxylic acids is 1. The van der Waals surface area contributed by atoms with Gasteiger partial charge in [-0.2, -0.15) is 0 Å². The van der Waals surface area contributed by atoms with Gasteiger partial charge in [0, 0.05) is 23.4 Å². The van der Waals surface area contributed by atoms with E-state index in [0.29, 0.717) is 13.0 Å². The molecule has 1 aliphatic carbocycles. The molecule has 0 saturated carbocycles. The molecule has 0 spiro atoms. The molecule has 1 aromatic carbocycles. The van der Waals surface area contributed by atoms with E-state index in [0.717, 1.165) is 22.4 Å². The second-order valence-electron chi connectivity index (χ2n) is 6.58. The van der Waals surface area contributed by atoms with Crippen molar-refractivity contribution < 1.29 is 23.4 Å². The van der Waals surface area contributed by atoms with Crippen molar-refractivity contribution in [1.29, 1.82) is 0 Å². The molecule has 0 aromatic heterocycles. The number of hydrogen-bond acceptors (Lipinski definition) is 6. The Morgan fingerprint density at radius 1 is 1.28 bits per heavy atom. The number of carboxylic acid groups (broad SMARTS) is 1. The monoisotopic (exact) mass is 416 g/mol. The Kier molecular flexibility index (Phi) is 7.55. The van der Waals surface area contributed by atoms with Gasteiger partial charge in [-0.25, -0.2) is 13.4 Å². The van der Waals surface area contributed by atoms with E-state index in [1.165, 1.54) is 12.3 Å². The van der Waals surface area contributed by atoms with Gasteiger partial charge in [0.25, 0.3) is 0 Å². The summed E-state index contributed by atoms with van der Waals surface area (Å²) < 4.78 is 23.9. The SMILES string of the molecule is C=C(O)N=C/C=C(\C)c1cccc(CNC2=CC=C(S(=O)(=O)CC(=O)O)CC2)c1. The molecule has 8 heteroatoms. The predicted octanol–water partition coefficient (Wildman–Crippen LogP) is 3.34. The Hall–Kier alpha value is -3.13. The van der Waals surface area contributed by atoms with Crippen molar-refractivity contribution >= 4 is 27.6 Å². The van der Waals surface area contributed by atoms with Crippen LogP contribution in [0.2, 0.25) is 0 Å². The zero-order valence-electron chi connectivity index (χ0n) is 16.1. The number of aliphatic hydroxyl groups excluding tert-OH is 1. The van der Waals surface area contributed by atoms with E-state index in [1.807, 2.05) is 31.2 Å². The Labute approximate surface area is 170 Å². The summed E-state index contributed by atoms with van der Waals surface area (Å²) in [5.41, 5.74) is 3.93. The Bertz CT molecular complexity index is 1020. The summed E-state index contributed by atoms with van der Waals surface area (Å²) in [6.45, 7) is 5.80. The highest BCUT2D eigenvalue weighted by Gasteiger charge is 2.23. The average molecular weight is 416 g/mol. The van der Waals surface area contributed by atoms with Crippen LogP contribution in [0.15, 0.2) is 70.6 Å². The summed E-state index contributed by atoms with van der Waals surface area (Å²) in [6, 6.07) is 7.93. The standard InChI is InChI=1S/C21H24N2O5S/c1-15(10-11-22-16(2)24)18-5-3-4-17(12-18)13-23-19-6-8-20(9-7-19)29(27,28)14-21(25)26/h3-6,8,10-12,23-24H,2,7,9,13-14H2,1H3,(H,25,26)/b15-10+,22-11?. The normalized spacial score (nSPS) is 15.0. The van der Waals surface area contributed by atoms with E-state index in [4.69, 9.17) is 10.2 Å². The van der Waals surface area contributed by atoms with E-state index < -0.39 is 21.6 Å². The van der Waals surface area contributed by atoms with Gasteiger partial charge in [-0.1, -0.05) is 18.2 Å². The molecular formula is C21H24N2O5S. The summed E-state index contributed by atoms with van der Waals surface area (Å²) in [5.74, 6) is -2.48. The van der Waals surface area contributed by atoms with Gasteiger partial charge in [-0.3, -0.25) is 4.79 Å². The maximum atomic E-state index is 12.0. The lowest BCUT2D eigenvalue weighted by Gasteiger charge is -2.16. The zero-order chi connectivity index (χ0) is 21.4. The van der Waals surface area contributed by atoms with Crippen molar-refractivity contribution in [2.24, 2.45) is 4.99 Å². The van der Waals surface area contributed by atoms with Crippen LogP contribution in [0.3, 0.4) is 0 Å². The predicted molar refractivity (Wildman–Crippen MR) is 114 cm³/mol. The van der Waals surface area contributed by atoms with Gasteiger partial charge < -0.3 is 15.5 Å². The van der Waals surface area contributed by atoms with E-state index in [2.05, 4.69) is 16.9 Å². The third-order valence-electron chi connectivity index (χ3n) is 4.27. The fourth-order valence-electron chi connectivity index (χ4n) is 2.75. The summed E-state index contributed by atoms with van der Waals surface area (Å²) in [5, 5.41) is 21.0.